The van der Waals surface area contributed by atoms with Crippen molar-refractivity contribution in [3.8, 4) is 0 Å². The fourth-order valence-corrected chi connectivity index (χ4v) is 2.63. The van der Waals surface area contributed by atoms with Crippen LogP contribution in [0.25, 0.3) is 0 Å². The van der Waals surface area contributed by atoms with Crippen molar-refractivity contribution in [1.29, 1.82) is 0 Å². The van der Waals surface area contributed by atoms with Gasteiger partial charge in [-0.25, -0.2) is 4.79 Å². The number of amides is 2. The molecule has 2 aromatic carbocycles. The number of carbonyl (C=O) groups is 3. The Labute approximate surface area is 152 Å². The summed E-state index contributed by atoms with van der Waals surface area (Å²) >= 11 is 0. The summed E-state index contributed by atoms with van der Waals surface area (Å²) in [5.41, 5.74) is 2.64. The molecule has 0 heterocycles. The van der Waals surface area contributed by atoms with Crippen LogP contribution < -0.4 is 10.6 Å². The number of hydrogen-bond donors (Lipinski definition) is 2. The van der Waals surface area contributed by atoms with E-state index in [1.807, 2.05) is 31.2 Å². The molecule has 0 aliphatic heterocycles. The van der Waals surface area contributed by atoms with Crippen LogP contribution in [-0.2, 0) is 20.7 Å². The van der Waals surface area contributed by atoms with E-state index in [-0.39, 0.29) is 11.5 Å². The summed E-state index contributed by atoms with van der Waals surface area (Å²) in [4.78, 5) is 36.1. The Bertz CT molecular complexity index is 817. The Morgan fingerprint density at radius 1 is 1.08 bits per heavy atom. The van der Waals surface area contributed by atoms with Crippen molar-refractivity contribution in [2.75, 3.05) is 12.4 Å². The largest absolute Gasteiger partial charge is 0.467 e. The summed E-state index contributed by atoms with van der Waals surface area (Å²) < 4.78 is 4.82. The fourth-order valence-electron chi connectivity index (χ4n) is 2.63. The monoisotopic (exact) mass is 354 g/mol. The first-order valence-corrected chi connectivity index (χ1v) is 8.21. The van der Waals surface area contributed by atoms with Crippen molar-refractivity contribution in [1.82, 2.24) is 5.32 Å². The van der Waals surface area contributed by atoms with Crippen LogP contribution in [0.2, 0.25) is 0 Å². The highest BCUT2D eigenvalue weighted by Crippen LogP contribution is 2.16. The zero-order valence-corrected chi connectivity index (χ0v) is 15.0. The average molecular weight is 354 g/mol. The van der Waals surface area contributed by atoms with Gasteiger partial charge in [-0.2, -0.15) is 0 Å². The first-order valence-electron chi connectivity index (χ1n) is 8.21. The maximum Gasteiger partial charge on any atom is 0.328 e. The molecule has 26 heavy (non-hydrogen) atoms. The molecule has 0 aliphatic carbocycles. The Balaban J connectivity index is 2.22. The Hall–Kier alpha value is -3.15. The highest BCUT2D eigenvalue weighted by molar-refractivity contribution is 6.04. The van der Waals surface area contributed by atoms with Crippen LogP contribution in [0.4, 0.5) is 5.69 Å². The lowest BCUT2D eigenvalue weighted by molar-refractivity contribution is -0.142. The van der Waals surface area contributed by atoms with E-state index in [0.29, 0.717) is 12.1 Å². The average Bonchev–Trinajstić information content (AvgIpc) is 2.60. The van der Waals surface area contributed by atoms with Crippen molar-refractivity contribution < 1.29 is 19.1 Å². The zero-order chi connectivity index (χ0) is 19.1. The molecule has 0 aliphatic rings. The third-order valence-electron chi connectivity index (χ3n) is 3.80. The summed E-state index contributed by atoms with van der Waals surface area (Å²) in [6.45, 7) is 3.32. The van der Waals surface area contributed by atoms with E-state index in [1.54, 1.807) is 24.3 Å². The number of nitrogens with one attached hydrogen (secondary N) is 2. The van der Waals surface area contributed by atoms with E-state index in [4.69, 9.17) is 4.74 Å². The van der Waals surface area contributed by atoms with Crippen LogP contribution in [0.1, 0.15) is 28.4 Å². The number of carbonyl (C=O) groups excluding carboxylic acids is 3. The molecule has 0 fully saturated rings. The maximum absolute atomic E-state index is 12.7. The lowest BCUT2D eigenvalue weighted by atomic mass is 10.0. The minimum absolute atomic E-state index is 0.279. The minimum Gasteiger partial charge on any atom is -0.467 e. The second kappa shape index (κ2) is 8.80. The molecule has 6 nitrogen and oxygen atoms in total. The first-order chi connectivity index (χ1) is 12.4. The molecule has 6 heteroatoms. The quantitative estimate of drug-likeness (QED) is 0.781. The second-order valence-electron chi connectivity index (χ2n) is 5.97. The van der Waals surface area contributed by atoms with E-state index in [0.717, 1.165) is 11.1 Å². The maximum atomic E-state index is 12.7. The number of benzene rings is 2. The third-order valence-corrected chi connectivity index (χ3v) is 3.80. The van der Waals surface area contributed by atoms with Crippen molar-refractivity contribution in [2.45, 2.75) is 26.3 Å². The standard InChI is InChI=1S/C20H22N2O4/c1-13-7-6-8-15(11-13)12-18(20(25)26-3)22-19(24)16-9-4-5-10-17(16)21-14(2)23/h4-11,18H,12H2,1-3H3,(H,21,23)(H,22,24)/t18-/m0/s1. The van der Waals surface area contributed by atoms with Gasteiger partial charge < -0.3 is 15.4 Å². The highest BCUT2D eigenvalue weighted by Gasteiger charge is 2.24. The third kappa shape index (κ3) is 5.17. The lowest BCUT2D eigenvalue weighted by Crippen LogP contribution is -2.43. The highest BCUT2D eigenvalue weighted by atomic mass is 16.5. The summed E-state index contributed by atoms with van der Waals surface area (Å²) in [5.74, 6) is -1.27. The summed E-state index contributed by atoms with van der Waals surface area (Å²) in [6.07, 6.45) is 0.308. The number of anilines is 1. The van der Waals surface area contributed by atoms with Crippen molar-refractivity contribution >= 4 is 23.5 Å². The fraction of sp³-hybridized carbons (Fsp3) is 0.250. The van der Waals surface area contributed by atoms with E-state index < -0.39 is 17.9 Å². The van der Waals surface area contributed by atoms with Crippen LogP contribution in [0.15, 0.2) is 48.5 Å². The van der Waals surface area contributed by atoms with Gasteiger partial charge in [-0.15, -0.1) is 0 Å². The number of methoxy groups -OCH3 is 1. The topological polar surface area (TPSA) is 84.5 Å². The predicted molar refractivity (Wildman–Crippen MR) is 98.9 cm³/mol. The molecule has 2 aromatic rings. The molecule has 1 atom stereocenters. The molecule has 0 unspecified atom stereocenters. The number of hydrogen-bond acceptors (Lipinski definition) is 4. The van der Waals surface area contributed by atoms with Crippen molar-refractivity contribution in [3.05, 3.63) is 65.2 Å². The molecule has 0 saturated heterocycles. The molecule has 136 valence electrons. The molecular formula is C20H22N2O4. The van der Waals surface area contributed by atoms with Crippen LogP contribution in [0, 0.1) is 6.92 Å². The van der Waals surface area contributed by atoms with Crippen LogP contribution in [0.3, 0.4) is 0 Å². The molecule has 2 rings (SSSR count). The van der Waals surface area contributed by atoms with E-state index in [1.165, 1.54) is 14.0 Å². The van der Waals surface area contributed by atoms with Crippen molar-refractivity contribution in [2.24, 2.45) is 0 Å². The molecule has 2 N–H and O–H groups in total. The van der Waals surface area contributed by atoms with Crippen LogP contribution in [0.5, 0.6) is 0 Å². The number of esters is 1. The molecule has 0 aromatic heterocycles. The Morgan fingerprint density at radius 2 is 1.81 bits per heavy atom. The van der Waals surface area contributed by atoms with Gasteiger partial charge in [-0.05, 0) is 24.6 Å². The van der Waals surface area contributed by atoms with Gasteiger partial charge in [0.05, 0.1) is 18.4 Å². The lowest BCUT2D eigenvalue weighted by Gasteiger charge is -2.18. The van der Waals surface area contributed by atoms with Crippen LogP contribution in [-0.4, -0.2) is 30.9 Å². The SMILES string of the molecule is COC(=O)[C@H](Cc1cccc(C)c1)NC(=O)c1ccccc1NC(C)=O. The zero-order valence-electron chi connectivity index (χ0n) is 15.0. The molecule has 0 saturated carbocycles. The minimum atomic E-state index is -0.834. The molecule has 0 spiro atoms. The van der Waals surface area contributed by atoms with Crippen molar-refractivity contribution in [3.63, 3.8) is 0 Å². The van der Waals surface area contributed by atoms with E-state index >= 15 is 0 Å². The first kappa shape index (κ1) is 19.2. The van der Waals surface area contributed by atoms with Gasteiger partial charge >= 0.3 is 5.97 Å². The summed E-state index contributed by atoms with van der Waals surface area (Å²) in [7, 11) is 1.28. The molecule has 0 radical (unpaired) electrons. The molecule has 2 amide bonds. The smallest absolute Gasteiger partial charge is 0.328 e. The summed E-state index contributed by atoms with van der Waals surface area (Å²) in [6, 6.07) is 13.5. The van der Waals surface area contributed by atoms with Gasteiger partial charge in [0, 0.05) is 13.3 Å². The number of rotatable bonds is 6. The van der Waals surface area contributed by atoms with Gasteiger partial charge in [0.2, 0.25) is 5.91 Å². The second-order valence-corrected chi connectivity index (χ2v) is 5.97. The van der Waals surface area contributed by atoms with Gasteiger partial charge in [-0.1, -0.05) is 42.0 Å². The normalized spacial score (nSPS) is 11.3. The number of para-hydroxylation sites is 1. The van der Waals surface area contributed by atoms with E-state index in [2.05, 4.69) is 10.6 Å². The van der Waals surface area contributed by atoms with Gasteiger partial charge in [0.1, 0.15) is 6.04 Å². The summed E-state index contributed by atoms with van der Waals surface area (Å²) in [5, 5.41) is 5.31. The molecular weight excluding hydrogens is 332 g/mol. The number of aryl methyl sites for hydroxylation is 1. The van der Waals surface area contributed by atoms with Gasteiger partial charge in [-0.3, -0.25) is 9.59 Å². The predicted octanol–water partition coefficient (Wildman–Crippen LogP) is 2.47. The Morgan fingerprint density at radius 3 is 2.46 bits per heavy atom. The van der Waals surface area contributed by atoms with Crippen LogP contribution >= 0.6 is 0 Å². The Kier molecular flexibility index (Phi) is 6.49. The van der Waals surface area contributed by atoms with Gasteiger partial charge in [0.25, 0.3) is 5.91 Å². The number of ether oxygens (including phenoxy) is 1. The van der Waals surface area contributed by atoms with E-state index in [9.17, 15) is 14.4 Å². The van der Waals surface area contributed by atoms with Gasteiger partial charge in [0.15, 0.2) is 0 Å². The molecule has 0 bridgehead atoms.